The van der Waals surface area contributed by atoms with E-state index in [0.29, 0.717) is 0 Å². The molecule has 0 bridgehead atoms. The van der Waals surface area contributed by atoms with Crippen molar-refractivity contribution < 1.29 is 29.3 Å². The summed E-state index contributed by atoms with van der Waals surface area (Å²) in [5.74, 6) is -1.85. The van der Waals surface area contributed by atoms with Gasteiger partial charge in [-0.2, -0.15) is 0 Å². The van der Waals surface area contributed by atoms with Crippen molar-refractivity contribution in [2.24, 2.45) is 5.73 Å². The number of nitrogens with one attached hydrogen (secondary N) is 2. The Morgan fingerprint density at radius 1 is 1.33 bits per heavy atom. The lowest BCUT2D eigenvalue weighted by Gasteiger charge is -2.13. The summed E-state index contributed by atoms with van der Waals surface area (Å²) in [5.41, 5.74) is 4.81. The van der Waals surface area contributed by atoms with Gasteiger partial charge < -0.3 is 31.3 Å². The van der Waals surface area contributed by atoms with Gasteiger partial charge in [-0.25, -0.2) is 9.59 Å². The molecule has 0 unspecified atom stereocenters. The third kappa shape index (κ3) is 8.30. The van der Waals surface area contributed by atoms with Crippen LogP contribution in [0.3, 0.4) is 0 Å². The third-order valence-electron chi connectivity index (χ3n) is 1.80. The van der Waals surface area contributed by atoms with Crippen molar-refractivity contribution in [1.82, 2.24) is 10.6 Å². The van der Waals surface area contributed by atoms with Crippen LogP contribution in [0.15, 0.2) is 0 Å². The van der Waals surface area contributed by atoms with Gasteiger partial charge in [0.1, 0.15) is 12.6 Å². The molecule has 104 valence electrons. The molecular formula is C9H17N3O6. The van der Waals surface area contributed by atoms with Crippen LogP contribution in [0.25, 0.3) is 0 Å². The highest BCUT2D eigenvalue weighted by atomic mass is 16.5. The maximum absolute atomic E-state index is 11.2. The van der Waals surface area contributed by atoms with Gasteiger partial charge in [0.2, 0.25) is 5.91 Å². The molecule has 0 rings (SSSR count). The normalized spacial score (nSPS) is 11.6. The monoisotopic (exact) mass is 263 g/mol. The summed E-state index contributed by atoms with van der Waals surface area (Å²) in [4.78, 5) is 32.2. The molecule has 0 heterocycles. The zero-order chi connectivity index (χ0) is 14.0. The first-order chi connectivity index (χ1) is 8.47. The van der Waals surface area contributed by atoms with E-state index in [1.54, 1.807) is 0 Å². The van der Waals surface area contributed by atoms with Crippen molar-refractivity contribution >= 4 is 17.9 Å². The van der Waals surface area contributed by atoms with E-state index < -0.39 is 23.9 Å². The van der Waals surface area contributed by atoms with Crippen molar-refractivity contribution in [3.05, 3.63) is 0 Å². The van der Waals surface area contributed by atoms with Crippen molar-refractivity contribution in [3.8, 4) is 0 Å². The van der Waals surface area contributed by atoms with Gasteiger partial charge in [-0.15, -0.1) is 0 Å². The highest BCUT2D eigenvalue weighted by Gasteiger charge is 2.18. The van der Waals surface area contributed by atoms with E-state index in [-0.39, 0.29) is 32.8 Å². The van der Waals surface area contributed by atoms with Gasteiger partial charge in [-0.3, -0.25) is 4.79 Å². The first kappa shape index (κ1) is 16.1. The van der Waals surface area contributed by atoms with Gasteiger partial charge in [0.25, 0.3) is 0 Å². The minimum atomic E-state index is -1.23. The Morgan fingerprint density at radius 3 is 2.50 bits per heavy atom. The predicted molar refractivity (Wildman–Crippen MR) is 59.7 cm³/mol. The summed E-state index contributed by atoms with van der Waals surface area (Å²) in [5, 5.41) is 21.8. The first-order valence-corrected chi connectivity index (χ1v) is 5.21. The number of carboxylic acid groups (broad SMARTS) is 1. The largest absolute Gasteiger partial charge is 0.480 e. The van der Waals surface area contributed by atoms with E-state index in [1.165, 1.54) is 0 Å². The Bertz CT molecular complexity index is 296. The molecule has 0 spiro atoms. The number of aliphatic carboxylic acids is 1. The van der Waals surface area contributed by atoms with Gasteiger partial charge in [-0.05, 0) is 0 Å². The molecule has 3 amide bonds. The second-order valence-corrected chi connectivity index (χ2v) is 3.32. The van der Waals surface area contributed by atoms with E-state index >= 15 is 0 Å². The van der Waals surface area contributed by atoms with E-state index in [9.17, 15) is 14.4 Å². The number of rotatable bonds is 9. The van der Waals surface area contributed by atoms with Crippen LogP contribution in [-0.2, 0) is 14.3 Å². The van der Waals surface area contributed by atoms with Crippen LogP contribution in [0, 0.1) is 0 Å². The quantitative estimate of drug-likeness (QED) is 0.293. The maximum Gasteiger partial charge on any atom is 0.326 e. The molecule has 9 nitrogen and oxygen atoms in total. The molecule has 1 atom stereocenters. The molecule has 9 heteroatoms. The molecule has 0 saturated carbocycles. The minimum Gasteiger partial charge on any atom is -0.480 e. The molecule has 0 aliphatic heterocycles. The molecular weight excluding hydrogens is 246 g/mol. The Balaban J connectivity index is 3.74. The van der Waals surface area contributed by atoms with Crippen LogP contribution < -0.4 is 16.4 Å². The number of amides is 3. The topological polar surface area (TPSA) is 151 Å². The SMILES string of the molecule is NC(=O)COCCNC(=O)N[C@@H](CCO)C(=O)O. The zero-order valence-corrected chi connectivity index (χ0v) is 9.72. The number of carbonyl (C=O) groups excluding carboxylic acids is 2. The Kier molecular flexibility index (Phi) is 8.24. The average Bonchev–Trinajstić information content (AvgIpc) is 2.27. The molecule has 0 aromatic heterocycles. The van der Waals surface area contributed by atoms with Crippen LogP contribution in [0.5, 0.6) is 0 Å². The Labute approximate surface area is 103 Å². The highest BCUT2D eigenvalue weighted by molar-refractivity contribution is 5.82. The molecule has 18 heavy (non-hydrogen) atoms. The molecule has 6 N–H and O–H groups in total. The zero-order valence-electron chi connectivity index (χ0n) is 9.72. The smallest absolute Gasteiger partial charge is 0.326 e. The van der Waals surface area contributed by atoms with Crippen LogP contribution >= 0.6 is 0 Å². The van der Waals surface area contributed by atoms with Crippen LogP contribution in [0.2, 0.25) is 0 Å². The lowest BCUT2D eigenvalue weighted by Crippen LogP contribution is -2.47. The molecule has 0 radical (unpaired) electrons. The van der Waals surface area contributed by atoms with Crippen LogP contribution in [-0.4, -0.2) is 60.5 Å². The number of carbonyl (C=O) groups is 3. The lowest BCUT2D eigenvalue weighted by atomic mass is 10.2. The van der Waals surface area contributed by atoms with Gasteiger partial charge in [-0.1, -0.05) is 0 Å². The summed E-state index contributed by atoms with van der Waals surface area (Å²) in [6.07, 6.45) is -0.0824. The van der Waals surface area contributed by atoms with E-state index in [0.717, 1.165) is 0 Å². The standard InChI is InChI=1S/C9H17N3O6/c10-7(14)5-18-4-2-11-9(17)12-6(1-3-13)8(15)16/h6,13H,1-5H2,(H2,10,14)(H,15,16)(H2,11,12,17)/t6-/m0/s1. The van der Waals surface area contributed by atoms with Crippen molar-refractivity contribution in [2.75, 3.05) is 26.4 Å². The molecule has 0 fully saturated rings. The number of hydrogen-bond acceptors (Lipinski definition) is 5. The third-order valence-corrected chi connectivity index (χ3v) is 1.80. The van der Waals surface area contributed by atoms with E-state index in [1.807, 2.05) is 0 Å². The number of nitrogens with two attached hydrogens (primary N) is 1. The predicted octanol–water partition coefficient (Wildman–Crippen LogP) is -2.38. The fourth-order valence-corrected chi connectivity index (χ4v) is 1.01. The Hall–Kier alpha value is -1.87. The maximum atomic E-state index is 11.2. The van der Waals surface area contributed by atoms with Crippen LogP contribution in [0.1, 0.15) is 6.42 Å². The summed E-state index contributed by atoms with van der Waals surface area (Å²) in [6.45, 7) is -0.413. The number of aliphatic hydroxyl groups excluding tert-OH is 1. The molecule has 0 aliphatic rings. The first-order valence-electron chi connectivity index (χ1n) is 5.21. The summed E-state index contributed by atoms with van der Waals surface area (Å²) >= 11 is 0. The van der Waals surface area contributed by atoms with E-state index in [2.05, 4.69) is 10.6 Å². The number of aliphatic hydroxyl groups is 1. The second-order valence-electron chi connectivity index (χ2n) is 3.32. The summed E-state index contributed by atoms with van der Waals surface area (Å²) < 4.78 is 4.77. The molecule has 0 aliphatic carbocycles. The highest BCUT2D eigenvalue weighted by Crippen LogP contribution is 1.90. The lowest BCUT2D eigenvalue weighted by molar-refractivity contribution is -0.139. The Morgan fingerprint density at radius 2 is 2.00 bits per heavy atom. The second kappa shape index (κ2) is 9.19. The minimum absolute atomic E-state index is 0.0775. The number of carboxylic acids is 1. The van der Waals surface area contributed by atoms with Crippen molar-refractivity contribution in [1.29, 1.82) is 0 Å². The number of urea groups is 1. The molecule has 0 saturated heterocycles. The number of ether oxygens (including phenoxy) is 1. The fraction of sp³-hybridized carbons (Fsp3) is 0.667. The van der Waals surface area contributed by atoms with Gasteiger partial charge in [0.15, 0.2) is 0 Å². The van der Waals surface area contributed by atoms with Gasteiger partial charge in [0, 0.05) is 19.6 Å². The number of primary amides is 1. The van der Waals surface area contributed by atoms with Crippen molar-refractivity contribution in [2.45, 2.75) is 12.5 Å². The fourth-order valence-electron chi connectivity index (χ4n) is 1.01. The van der Waals surface area contributed by atoms with Gasteiger partial charge >= 0.3 is 12.0 Å². The van der Waals surface area contributed by atoms with E-state index in [4.69, 9.17) is 20.7 Å². The molecule has 0 aromatic rings. The van der Waals surface area contributed by atoms with Gasteiger partial charge in [0.05, 0.1) is 6.61 Å². The van der Waals surface area contributed by atoms with Crippen LogP contribution in [0.4, 0.5) is 4.79 Å². The number of hydrogen-bond donors (Lipinski definition) is 5. The summed E-state index contributed by atoms with van der Waals surface area (Å²) in [7, 11) is 0. The average molecular weight is 263 g/mol. The summed E-state index contributed by atoms with van der Waals surface area (Å²) in [6, 6.07) is -1.85. The van der Waals surface area contributed by atoms with Crippen molar-refractivity contribution in [3.63, 3.8) is 0 Å². The molecule has 0 aromatic carbocycles.